The first kappa shape index (κ1) is 9.69. The van der Waals surface area contributed by atoms with E-state index in [1.165, 1.54) is 11.3 Å². The van der Waals surface area contributed by atoms with Crippen LogP contribution in [0.1, 0.15) is 23.0 Å². The average molecular weight is 280 g/mol. The normalized spacial score (nSPS) is 26.1. The van der Waals surface area contributed by atoms with Crippen molar-refractivity contribution < 1.29 is 4.79 Å². The molecule has 0 aromatic carbocycles. The molecule has 70 valence electrons. The van der Waals surface area contributed by atoms with Gasteiger partial charge in [-0.15, -0.1) is 11.3 Å². The Hall–Kier alpha value is 0.140. The lowest BCUT2D eigenvalue weighted by Crippen LogP contribution is -1.99. The van der Waals surface area contributed by atoms with E-state index in [1.54, 1.807) is 6.07 Å². The van der Waals surface area contributed by atoms with E-state index in [2.05, 4.69) is 22.9 Å². The first-order valence-electron chi connectivity index (χ1n) is 4.08. The molecule has 0 amide bonds. The third kappa shape index (κ3) is 1.83. The zero-order chi connectivity index (χ0) is 9.59. The van der Waals surface area contributed by atoms with Gasteiger partial charge in [-0.3, -0.25) is 4.79 Å². The molecular formula is C9H8BrClOS. The summed E-state index contributed by atoms with van der Waals surface area (Å²) in [5.41, 5.74) is 0. The van der Waals surface area contributed by atoms with Crippen molar-refractivity contribution in [1.82, 2.24) is 0 Å². The van der Waals surface area contributed by atoms with Gasteiger partial charge in [-0.25, -0.2) is 0 Å². The molecule has 0 radical (unpaired) electrons. The van der Waals surface area contributed by atoms with Gasteiger partial charge in [-0.05, 0) is 34.3 Å². The monoisotopic (exact) mass is 278 g/mol. The number of halogens is 2. The maximum atomic E-state index is 11.7. The maximum absolute atomic E-state index is 11.7. The van der Waals surface area contributed by atoms with E-state index in [4.69, 9.17) is 11.6 Å². The summed E-state index contributed by atoms with van der Waals surface area (Å²) >= 11 is 10.6. The predicted octanol–water partition coefficient (Wildman–Crippen LogP) is 4.00. The molecule has 0 saturated heterocycles. The number of carbonyl (C=O) groups excluding carboxylic acids is 1. The second-order valence-corrected chi connectivity index (χ2v) is 6.19. The van der Waals surface area contributed by atoms with Gasteiger partial charge in [0.05, 0.1) is 13.7 Å². The number of ketones is 1. The van der Waals surface area contributed by atoms with E-state index in [-0.39, 0.29) is 11.7 Å². The molecule has 1 heterocycles. The molecule has 1 saturated carbocycles. The van der Waals surface area contributed by atoms with E-state index in [1.807, 2.05) is 0 Å². The smallest absolute Gasteiger partial charge is 0.176 e. The highest BCUT2D eigenvalue weighted by atomic mass is 79.9. The molecule has 1 fully saturated rings. The minimum atomic E-state index is 0.251. The van der Waals surface area contributed by atoms with Crippen molar-refractivity contribution in [2.75, 3.05) is 0 Å². The van der Waals surface area contributed by atoms with E-state index < -0.39 is 0 Å². The lowest BCUT2D eigenvalue weighted by Gasteiger charge is -1.91. The number of Topliss-reactive ketones (excluding diaryl/α,β-unsaturated/α-hetero) is 1. The van der Waals surface area contributed by atoms with Crippen LogP contribution in [0, 0.1) is 11.8 Å². The van der Waals surface area contributed by atoms with Crippen molar-refractivity contribution >= 4 is 44.7 Å². The highest BCUT2D eigenvalue weighted by Gasteiger charge is 2.40. The molecule has 13 heavy (non-hydrogen) atoms. The Morgan fingerprint density at radius 2 is 2.38 bits per heavy atom. The summed E-state index contributed by atoms with van der Waals surface area (Å²) < 4.78 is 0.853. The van der Waals surface area contributed by atoms with Gasteiger partial charge >= 0.3 is 0 Å². The fourth-order valence-corrected chi connectivity index (χ4v) is 3.04. The fourth-order valence-electron chi connectivity index (χ4n) is 1.34. The molecular weight excluding hydrogens is 272 g/mol. The Balaban J connectivity index is 2.21. The Bertz CT molecular complexity index is 341. The lowest BCUT2D eigenvalue weighted by atomic mass is 10.2. The fraction of sp³-hybridized carbons (Fsp3) is 0.444. The summed E-state index contributed by atoms with van der Waals surface area (Å²) in [5.74, 6) is 1.07. The third-order valence-corrected chi connectivity index (χ3v) is 4.82. The highest BCUT2D eigenvalue weighted by Crippen LogP contribution is 2.43. The number of thiophene rings is 1. The molecule has 2 unspecified atom stereocenters. The van der Waals surface area contributed by atoms with Crippen LogP contribution < -0.4 is 0 Å². The molecule has 1 nitrogen and oxygen atoms in total. The third-order valence-electron chi connectivity index (χ3n) is 2.33. The van der Waals surface area contributed by atoms with Crippen LogP contribution >= 0.6 is 38.9 Å². The summed E-state index contributed by atoms with van der Waals surface area (Å²) in [6, 6.07) is 1.75. The van der Waals surface area contributed by atoms with Crippen LogP contribution in [0.25, 0.3) is 0 Å². The standard InChI is InChI=1S/C9H8BrClOS/c1-4-2-5(4)8(12)7-3-6(11)9(10)13-7/h3-5H,2H2,1H3. The van der Waals surface area contributed by atoms with Crippen LogP contribution in [-0.2, 0) is 0 Å². The van der Waals surface area contributed by atoms with Crippen molar-refractivity contribution in [2.24, 2.45) is 11.8 Å². The van der Waals surface area contributed by atoms with Crippen LogP contribution in [0.5, 0.6) is 0 Å². The van der Waals surface area contributed by atoms with Gasteiger partial charge in [0.2, 0.25) is 0 Å². The van der Waals surface area contributed by atoms with E-state index >= 15 is 0 Å². The molecule has 0 aliphatic heterocycles. The quantitative estimate of drug-likeness (QED) is 0.748. The van der Waals surface area contributed by atoms with Crippen LogP contribution in [0.15, 0.2) is 9.85 Å². The number of rotatable bonds is 2. The maximum Gasteiger partial charge on any atom is 0.176 e. The van der Waals surface area contributed by atoms with Crippen molar-refractivity contribution in [3.63, 3.8) is 0 Å². The van der Waals surface area contributed by atoms with E-state index in [0.29, 0.717) is 10.9 Å². The molecule has 1 aliphatic carbocycles. The molecule has 0 N–H and O–H groups in total. The summed E-state index contributed by atoms with van der Waals surface area (Å²) in [5, 5.41) is 0.640. The molecule has 0 bridgehead atoms. The molecule has 2 atom stereocenters. The Morgan fingerprint density at radius 3 is 2.77 bits per heavy atom. The van der Waals surface area contributed by atoms with Crippen LogP contribution in [0.3, 0.4) is 0 Å². The molecule has 0 spiro atoms. The van der Waals surface area contributed by atoms with E-state index in [9.17, 15) is 4.79 Å². The molecule has 2 rings (SSSR count). The van der Waals surface area contributed by atoms with Crippen molar-refractivity contribution in [3.05, 3.63) is 19.8 Å². The second-order valence-electron chi connectivity index (χ2n) is 3.42. The van der Waals surface area contributed by atoms with Gasteiger partial charge in [-0.2, -0.15) is 0 Å². The molecule has 1 aromatic rings. The van der Waals surface area contributed by atoms with Crippen LogP contribution in [0.2, 0.25) is 5.02 Å². The molecule has 4 heteroatoms. The zero-order valence-electron chi connectivity index (χ0n) is 7.01. The minimum Gasteiger partial charge on any atom is -0.293 e. The van der Waals surface area contributed by atoms with Crippen molar-refractivity contribution in [1.29, 1.82) is 0 Å². The Morgan fingerprint density at radius 1 is 1.77 bits per heavy atom. The first-order chi connectivity index (χ1) is 6.09. The number of carbonyl (C=O) groups is 1. The average Bonchev–Trinajstić information content (AvgIpc) is 2.70. The Labute approximate surface area is 94.2 Å². The predicted molar refractivity (Wildman–Crippen MR) is 58.6 cm³/mol. The van der Waals surface area contributed by atoms with Crippen LogP contribution in [-0.4, -0.2) is 5.78 Å². The second kappa shape index (κ2) is 3.37. The minimum absolute atomic E-state index is 0.251. The van der Waals surface area contributed by atoms with Crippen molar-refractivity contribution in [3.8, 4) is 0 Å². The van der Waals surface area contributed by atoms with Crippen LogP contribution in [0.4, 0.5) is 0 Å². The van der Waals surface area contributed by atoms with Gasteiger partial charge in [0.1, 0.15) is 0 Å². The number of hydrogen-bond acceptors (Lipinski definition) is 2. The Kier molecular flexibility index (Phi) is 2.51. The molecule has 1 aliphatic rings. The summed E-state index contributed by atoms with van der Waals surface area (Å²) in [6.07, 6.45) is 1.03. The van der Waals surface area contributed by atoms with Gasteiger partial charge < -0.3 is 0 Å². The van der Waals surface area contributed by atoms with Gasteiger partial charge in [0.15, 0.2) is 5.78 Å². The highest BCUT2D eigenvalue weighted by molar-refractivity contribution is 9.11. The lowest BCUT2D eigenvalue weighted by molar-refractivity contribution is 0.0966. The van der Waals surface area contributed by atoms with Gasteiger partial charge in [0, 0.05) is 5.92 Å². The number of hydrogen-bond donors (Lipinski definition) is 0. The zero-order valence-corrected chi connectivity index (χ0v) is 10.2. The summed E-state index contributed by atoms with van der Waals surface area (Å²) in [6.45, 7) is 2.10. The topological polar surface area (TPSA) is 17.1 Å². The molecule has 1 aromatic heterocycles. The summed E-state index contributed by atoms with van der Waals surface area (Å²) in [4.78, 5) is 12.5. The first-order valence-corrected chi connectivity index (χ1v) is 6.07. The van der Waals surface area contributed by atoms with E-state index in [0.717, 1.165) is 15.1 Å². The largest absolute Gasteiger partial charge is 0.293 e. The summed E-state index contributed by atoms with van der Waals surface area (Å²) in [7, 11) is 0. The van der Waals surface area contributed by atoms with Crippen molar-refractivity contribution in [2.45, 2.75) is 13.3 Å². The van der Waals surface area contributed by atoms with Gasteiger partial charge in [-0.1, -0.05) is 18.5 Å². The van der Waals surface area contributed by atoms with Gasteiger partial charge in [0.25, 0.3) is 0 Å². The SMILES string of the molecule is CC1CC1C(=O)c1cc(Cl)c(Br)s1.